The molecule has 0 saturated carbocycles. The molecule has 27 heavy (non-hydrogen) atoms. The highest BCUT2D eigenvalue weighted by molar-refractivity contribution is 7.92. The van der Waals surface area contributed by atoms with Crippen LogP contribution in [0.25, 0.3) is 11.6 Å². The minimum Gasteiger partial charge on any atom is -0.330 e. The van der Waals surface area contributed by atoms with Gasteiger partial charge in [0.2, 0.25) is 0 Å². The van der Waals surface area contributed by atoms with Crippen molar-refractivity contribution < 1.29 is 3.89 Å². The SMILES string of the molecule is CC1=CC(/C=C/c2c(C)nn(C)c2C)=NC/1=C(/CCN)c1cccn1SF. The highest BCUT2D eigenvalue weighted by Crippen LogP contribution is 2.33. The van der Waals surface area contributed by atoms with E-state index in [0.717, 1.165) is 45.2 Å². The Morgan fingerprint density at radius 3 is 2.70 bits per heavy atom. The Labute approximate surface area is 163 Å². The average molecular weight is 386 g/mol. The highest BCUT2D eigenvalue weighted by Gasteiger charge is 2.18. The molecule has 142 valence electrons. The number of nitrogens with two attached hydrogens (primary N) is 1. The smallest absolute Gasteiger partial charge is 0.169 e. The fourth-order valence-electron chi connectivity index (χ4n) is 3.30. The Morgan fingerprint density at radius 1 is 1.30 bits per heavy atom. The second-order valence-electron chi connectivity index (χ2n) is 6.56. The van der Waals surface area contributed by atoms with E-state index in [9.17, 15) is 3.89 Å². The fraction of sp³-hybridized carbons (Fsp3) is 0.300. The maximum Gasteiger partial charge on any atom is 0.169 e. The largest absolute Gasteiger partial charge is 0.330 e. The number of halogens is 1. The minimum atomic E-state index is 0.181. The fourth-order valence-corrected chi connectivity index (χ4v) is 3.66. The first-order valence-corrected chi connectivity index (χ1v) is 9.49. The van der Waals surface area contributed by atoms with Gasteiger partial charge in [-0.2, -0.15) is 5.10 Å². The lowest BCUT2D eigenvalue weighted by Gasteiger charge is -2.11. The molecule has 3 heterocycles. The van der Waals surface area contributed by atoms with Crippen LogP contribution in [0.2, 0.25) is 0 Å². The van der Waals surface area contributed by atoms with Crippen LogP contribution in [0.4, 0.5) is 3.89 Å². The normalized spacial score (nSPS) is 16.2. The number of aryl methyl sites for hydroxylation is 2. The van der Waals surface area contributed by atoms with Crippen molar-refractivity contribution in [1.29, 1.82) is 0 Å². The van der Waals surface area contributed by atoms with Gasteiger partial charge in [0.25, 0.3) is 0 Å². The summed E-state index contributed by atoms with van der Waals surface area (Å²) in [6.45, 7) is 6.54. The summed E-state index contributed by atoms with van der Waals surface area (Å²) >= 11 is 0.181. The molecule has 0 unspecified atom stereocenters. The van der Waals surface area contributed by atoms with E-state index in [2.05, 4.69) is 5.10 Å². The van der Waals surface area contributed by atoms with Gasteiger partial charge < -0.3 is 5.73 Å². The van der Waals surface area contributed by atoms with Gasteiger partial charge in [-0.1, -0.05) is 0 Å². The molecule has 3 rings (SSSR count). The summed E-state index contributed by atoms with van der Waals surface area (Å²) in [5.74, 6) is 0. The van der Waals surface area contributed by atoms with E-state index in [1.165, 1.54) is 3.97 Å². The molecule has 0 fully saturated rings. The molecule has 2 aromatic heterocycles. The number of hydrogen-bond donors (Lipinski definition) is 1. The molecule has 0 amide bonds. The Balaban J connectivity index is 1.99. The van der Waals surface area contributed by atoms with E-state index in [0.29, 0.717) is 13.0 Å². The molecule has 0 atom stereocenters. The van der Waals surface area contributed by atoms with Crippen LogP contribution in [0, 0.1) is 13.8 Å². The lowest BCUT2D eigenvalue weighted by Crippen LogP contribution is -2.04. The summed E-state index contributed by atoms with van der Waals surface area (Å²) < 4.78 is 16.6. The Bertz CT molecular complexity index is 975. The highest BCUT2D eigenvalue weighted by atomic mass is 32.2. The maximum atomic E-state index is 13.2. The number of allylic oxidation sites excluding steroid dienone is 3. The zero-order chi connectivity index (χ0) is 19.6. The van der Waals surface area contributed by atoms with E-state index < -0.39 is 0 Å². The van der Waals surface area contributed by atoms with Crippen molar-refractivity contribution in [3.05, 3.63) is 64.4 Å². The van der Waals surface area contributed by atoms with Gasteiger partial charge in [0.1, 0.15) is 0 Å². The summed E-state index contributed by atoms with van der Waals surface area (Å²) in [4.78, 5) is 4.79. The first-order valence-electron chi connectivity index (χ1n) is 8.82. The third kappa shape index (κ3) is 3.84. The van der Waals surface area contributed by atoms with Crippen molar-refractivity contribution in [2.75, 3.05) is 6.54 Å². The Morgan fingerprint density at radius 2 is 2.07 bits per heavy atom. The molecule has 2 aromatic rings. The Kier molecular flexibility index (Phi) is 5.82. The number of aromatic nitrogens is 3. The monoisotopic (exact) mass is 385 g/mol. The van der Waals surface area contributed by atoms with Crippen molar-refractivity contribution in [1.82, 2.24) is 13.8 Å². The van der Waals surface area contributed by atoms with Crippen LogP contribution < -0.4 is 5.73 Å². The third-order valence-electron chi connectivity index (χ3n) is 4.74. The second-order valence-corrected chi connectivity index (χ2v) is 7.09. The first-order chi connectivity index (χ1) is 13.0. The molecular formula is C20H24FN5S. The standard InChI is InChI=1S/C20H24FN5S/c1-13-12-16(7-8-17-14(2)24-25(4)15(17)3)23-20(13)18(9-10-22)19-6-5-11-26(19)27-21/h5-8,11-12H,9-10,22H2,1-4H3/b8-7+,20-18-. The summed E-state index contributed by atoms with van der Waals surface area (Å²) in [6, 6.07) is 3.72. The van der Waals surface area contributed by atoms with Crippen LogP contribution in [0.1, 0.15) is 36.0 Å². The van der Waals surface area contributed by atoms with Gasteiger partial charge in [0.05, 0.1) is 22.8 Å². The van der Waals surface area contributed by atoms with Crippen LogP contribution >= 0.6 is 12.3 Å². The number of hydrogen-bond acceptors (Lipinski definition) is 4. The summed E-state index contributed by atoms with van der Waals surface area (Å²) in [5.41, 5.74) is 13.6. The second kappa shape index (κ2) is 8.10. The molecular weight excluding hydrogens is 361 g/mol. The zero-order valence-corrected chi connectivity index (χ0v) is 16.8. The number of rotatable bonds is 6. The van der Waals surface area contributed by atoms with Crippen molar-refractivity contribution in [2.24, 2.45) is 17.8 Å². The van der Waals surface area contributed by atoms with Crippen LogP contribution in [0.3, 0.4) is 0 Å². The zero-order valence-electron chi connectivity index (χ0n) is 16.0. The molecule has 0 saturated heterocycles. The van der Waals surface area contributed by atoms with Gasteiger partial charge >= 0.3 is 0 Å². The van der Waals surface area contributed by atoms with E-state index in [1.807, 2.05) is 62.9 Å². The van der Waals surface area contributed by atoms with E-state index in [4.69, 9.17) is 10.7 Å². The molecule has 1 aliphatic heterocycles. The third-order valence-corrected chi connectivity index (χ3v) is 5.21. The predicted octanol–water partition coefficient (Wildman–Crippen LogP) is 4.39. The average Bonchev–Trinajstić information content (AvgIpc) is 3.31. The van der Waals surface area contributed by atoms with Gasteiger partial charge in [0, 0.05) is 30.1 Å². The summed E-state index contributed by atoms with van der Waals surface area (Å²) in [7, 11) is 1.94. The summed E-state index contributed by atoms with van der Waals surface area (Å²) in [5, 5.41) is 4.44. The summed E-state index contributed by atoms with van der Waals surface area (Å²) in [6.07, 6.45) is 8.41. The van der Waals surface area contributed by atoms with Crippen LogP contribution in [0.15, 0.2) is 46.7 Å². The molecule has 7 heteroatoms. The van der Waals surface area contributed by atoms with Gasteiger partial charge in [-0.05, 0) is 69.7 Å². The van der Waals surface area contributed by atoms with Crippen LogP contribution in [-0.2, 0) is 7.05 Å². The lowest BCUT2D eigenvalue weighted by molar-refractivity contribution is 0.731. The molecule has 1 aliphatic rings. The first kappa shape index (κ1) is 19.4. The van der Waals surface area contributed by atoms with E-state index in [-0.39, 0.29) is 12.3 Å². The molecule has 5 nitrogen and oxygen atoms in total. The molecule has 0 aliphatic carbocycles. The number of aliphatic imine (C=N–C) groups is 1. The van der Waals surface area contributed by atoms with E-state index >= 15 is 0 Å². The maximum absolute atomic E-state index is 13.2. The minimum absolute atomic E-state index is 0.181. The van der Waals surface area contributed by atoms with Gasteiger partial charge in [0.15, 0.2) is 12.3 Å². The molecule has 0 radical (unpaired) electrons. The van der Waals surface area contributed by atoms with E-state index in [1.54, 1.807) is 6.20 Å². The van der Waals surface area contributed by atoms with Crippen molar-refractivity contribution >= 4 is 29.7 Å². The van der Waals surface area contributed by atoms with Crippen molar-refractivity contribution in [2.45, 2.75) is 27.2 Å². The van der Waals surface area contributed by atoms with Gasteiger partial charge in [-0.25, -0.2) is 4.99 Å². The quantitative estimate of drug-likeness (QED) is 0.802. The van der Waals surface area contributed by atoms with Crippen LogP contribution in [-0.4, -0.2) is 26.0 Å². The van der Waals surface area contributed by atoms with Crippen molar-refractivity contribution in [3.63, 3.8) is 0 Å². The molecule has 2 N–H and O–H groups in total. The Hall–Kier alpha value is -2.38. The lowest BCUT2D eigenvalue weighted by atomic mass is 10.0. The molecule has 0 spiro atoms. The molecule has 0 bridgehead atoms. The predicted molar refractivity (Wildman–Crippen MR) is 112 cm³/mol. The van der Waals surface area contributed by atoms with Crippen LogP contribution in [0.5, 0.6) is 0 Å². The van der Waals surface area contributed by atoms with Gasteiger partial charge in [-0.3, -0.25) is 8.65 Å². The number of nitrogens with zero attached hydrogens (tertiary/aromatic N) is 4. The molecule has 0 aromatic carbocycles. The van der Waals surface area contributed by atoms with Crippen molar-refractivity contribution in [3.8, 4) is 0 Å². The van der Waals surface area contributed by atoms with Gasteiger partial charge in [-0.15, -0.1) is 3.89 Å². The topological polar surface area (TPSA) is 61.1 Å².